The lowest BCUT2D eigenvalue weighted by Crippen LogP contribution is -2.17. The molecule has 1 rings (SSSR count). The van der Waals surface area contributed by atoms with Crippen molar-refractivity contribution >= 4 is 0 Å². The van der Waals surface area contributed by atoms with Gasteiger partial charge in [0.2, 0.25) is 0 Å². The van der Waals surface area contributed by atoms with Crippen molar-refractivity contribution in [3.63, 3.8) is 0 Å². The Balaban J connectivity index is 2.14. The molecule has 0 aromatic carbocycles. The fourth-order valence-electron chi connectivity index (χ4n) is 1.40. The van der Waals surface area contributed by atoms with Gasteiger partial charge in [0.1, 0.15) is 0 Å². The molecule has 1 saturated heterocycles. The minimum absolute atomic E-state index is 0.699. The van der Waals surface area contributed by atoms with Gasteiger partial charge >= 0.3 is 0 Å². The summed E-state index contributed by atoms with van der Waals surface area (Å²) in [5.41, 5.74) is 0. The molecular formula is C7H15NO. The van der Waals surface area contributed by atoms with Crippen LogP contribution in [0.5, 0.6) is 0 Å². The molecule has 9 heavy (non-hydrogen) atoms. The Kier molecular flexibility index (Phi) is 2.49. The summed E-state index contributed by atoms with van der Waals surface area (Å²) in [6, 6.07) is 0.699. The highest BCUT2D eigenvalue weighted by atomic mass is 16.5. The fraction of sp³-hybridized carbons (Fsp3) is 1.00. The lowest BCUT2D eigenvalue weighted by molar-refractivity contribution is 0.159. The van der Waals surface area contributed by atoms with E-state index in [9.17, 15) is 0 Å². The van der Waals surface area contributed by atoms with Gasteiger partial charge in [0, 0.05) is 19.7 Å². The van der Waals surface area contributed by atoms with E-state index in [1.807, 2.05) is 0 Å². The van der Waals surface area contributed by atoms with Crippen LogP contribution in [0.15, 0.2) is 0 Å². The first-order chi connectivity index (χ1) is 4.33. The molecule has 0 aromatic rings. The molecule has 1 unspecified atom stereocenters. The van der Waals surface area contributed by atoms with E-state index >= 15 is 0 Å². The Bertz CT molecular complexity index is 83.0. The normalized spacial score (nSPS) is 35.3. The lowest BCUT2D eigenvalue weighted by atomic mass is 10.1. The van der Waals surface area contributed by atoms with Crippen LogP contribution in [0.1, 0.15) is 13.3 Å². The molecule has 1 N–H and O–H groups in total. The first-order valence-electron chi connectivity index (χ1n) is 3.55. The van der Waals surface area contributed by atoms with E-state index < -0.39 is 0 Å². The monoisotopic (exact) mass is 129 g/mol. The quantitative estimate of drug-likeness (QED) is 0.590. The van der Waals surface area contributed by atoms with E-state index in [4.69, 9.17) is 4.74 Å². The zero-order chi connectivity index (χ0) is 6.69. The lowest BCUT2D eigenvalue weighted by Gasteiger charge is -2.04. The summed E-state index contributed by atoms with van der Waals surface area (Å²) < 4.78 is 5.03. The molecule has 0 amide bonds. The standard InChI is InChI=1S/C7H15NO/c1-6-3-7(4-8-6)5-9-2/h6-8H,3-5H2,1-2H3/t6-,7?/m1/s1. The second-order valence-electron chi connectivity index (χ2n) is 2.87. The maximum atomic E-state index is 5.03. The number of hydrogen-bond acceptors (Lipinski definition) is 2. The Hall–Kier alpha value is -0.0800. The third-order valence-corrected chi connectivity index (χ3v) is 1.84. The maximum absolute atomic E-state index is 5.03. The van der Waals surface area contributed by atoms with Gasteiger partial charge in [0.25, 0.3) is 0 Å². The van der Waals surface area contributed by atoms with Crippen LogP contribution in [0.25, 0.3) is 0 Å². The van der Waals surface area contributed by atoms with Crippen molar-refractivity contribution in [1.29, 1.82) is 0 Å². The number of methoxy groups -OCH3 is 1. The molecule has 54 valence electrons. The van der Waals surface area contributed by atoms with Crippen LogP contribution in [0.3, 0.4) is 0 Å². The molecule has 2 heteroatoms. The number of hydrogen-bond donors (Lipinski definition) is 1. The summed E-state index contributed by atoms with van der Waals surface area (Å²) in [5, 5.41) is 3.37. The van der Waals surface area contributed by atoms with Crippen LogP contribution >= 0.6 is 0 Å². The zero-order valence-electron chi connectivity index (χ0n) is 6.18. The van der Waals surface area contributed by atoms with Crippen LogP contribution in [-0.4, -0.2) is 26.3 Å². The van der Waals surface area contributed by atoms with Crippen molar-refractivity contribution in [2.75, 3.05) is 20.3 Å². The van der Waals surface area contributed by atoms with Gasteiger partial charge in [0.05, 0.1) is 6.61 Å². The topological polar surface area (TPSA) is 21.3 Å². The highest BCUT2D eigenvalue weighted by Crippen LogP contribution is 2.12. The zero-order valence-corrected chi connectivity index (χ0v) is 6.18. The van der Waals surface area contributed by atoms with Crippen LogP contribution in [0.2, 0.25) is 0 Å². The van der Waals surface area contributed by atoms with Crippen molar-refractivity contribution in [2.45, 2.75) is 19.4 Å². The molecule has 0 saturated carbocycles. The third-order valence-electron chi connectivity index (χ3n) is 1.84. The summed E-state index contributed by atoms with van der Waals surface area (Å²) in [6.45, 7) is 4.27. The number of ether oxygens (including phenoxy) is 1. The highest BCUT2D eigenvalue weighted by Gasteiger charge is 2.19. The number of rotatable bonds is 2. The molecule has 2 atom stereocenters. The van der Waals surface area contributed by atoms with Crippen LogP contribution in [0, 0.1) is 5.92 Å². The smallest absolute Gasteiger partial charge is 0.0503 e. The number of nitrogens with one attached hydrogen (secondary N) is 1. The van der Waals surface area contributed by atoms with Gasteiger partial charge < -0.3 is 10.1 Å². The van der Waals surface area contributed by atoms with Crippen molar-refractivity contribution in [2.24, 2.45) is 5.92 Å². The first-order valence-corrected chi connectivity index (χ1v) is 3.55. The third kappa shape index (κ3) is 1.95. The van der Waals surface area contributed by atoms with Crippen LogP contribution in [0.4, 0.5) is 0 Å². The van der Waals surface area contributed by atoms with Gasteiger partial charge in [-0.05, 0) is 19.3 Å². The van der Waals surface area contributed by atoms with Gasteiger partial charge in [-0.3, -0.25) is 0 Å². The van der Waals surface area contributed by atoms with E-state index in [0.717, 1.165) is 19.1 Å². The summed E-state index contributed by atoms with van der Waals surface area (Å²) in [4.78, 5) is 0. The summed E-state index contributed by atoms with van der Waals surface area (Å²) in [6.07, 6.45) is 1.27. The Morgan fingerprint density at radius 3 is 2.89 bits per heavy atom. The predicted octanol–water partition coefficient (Wildman–Crippen LogP) is 0.631. The summed E-state index contributed by atoms with van der Waals surface area (Å²) in [5.74, 6) is 0.755. The highest BCUT2D eigenvalue weighted by molar-refractivity contribution is 4.77. The minimum Gasteiger partial charge on any atom is -0.384 e. The van der Waals surface area contributed by atoms with Crippen molar-refractivity contribution in [1.82, 2.24) is 5.32 Å². The van der Waals surface area contributed by atoms with Crippen LogP contribution < -0.4 is 5.32 Å². The average Bonchev–Trinajstić information content (AvgIpc) is 2.17. The molecule has 1 aliphatic rings. The Labute approximate surface area is 56.6 Å². The second kappa shape index (κ2) is 3.18. The van der Waals surface area contributed by atoms with E-state index in [2.05, 4.69) is 12.2 Å². The van der Waals surface area contributed by atoms with E-state index in [1.165, 1.54) is 6.42 Å². The minimum atomic E-state index is 0.699. The van der Waals surface area contributed by atoms with Gasteiger partial charge in [-0.15, -0.1) is 0 Å². The van der Waals surface area contributed by atoms with E-state index in [0.29, 0.717) is 6.04 Å². The molecule has 0 radical (unpaired) electrons. The molecule has 0 aliphatic carbocycles. The molecule has 0 aromatic heterocycles. The second-order valence-corrected chi connectivity index (χ2v) is 2.87. The van der Waals surface area contributed by atoms with E-state index in [-0.39, 0.29) is 0 Å². The van der Waals surface area contributed by atoms with Gasteiger partial charge in [-0.25, -0.2) is 0 Å². The molecule has 2 nitrogen and oxygen atoms in total. The molecular weight excluding hydrogens is 114 g/mol. The average molecular weight is 129 g/mol. The summed E-state index contributed by atoms with van der Waals surface area (Å²) in [7, 11) is 1.77. The van der Waals surface area contributed by atoms with Crippen molar-refractivity contribution < 1.29 is 4.74 Å². The van der Waals surface area contributed by atoms with Gasteiger partial charge in [0.15, 0.2) is 0 Å². The molecule has 1 heterocycles. The SMILES string of the molecule is COCC1CN[C@H](C)C1. The van der Waals surface area contributed by atoms with Gasteiger partial charge in [-0.2, -0.15) is 0 Å². The fourth-order valence-corrected chi connectivity index (χ4v) is 1.40. The molecule has 1 fully saturated rings. The van der Waals surface area contributed by atoms with E-state index in [1.54, 1.807) is 7.11 Å². The Morgan fingerprint density at radius 1 is 1.67 bits per heavy atom. The predicted molar refractivity (Wildman–Crippen MR) is 37.4 cm³/mol. The largest absolute Gasteiger partial charge is 0.384 e. The van der Waals surface area contributed by atoms with Gasteiger partial charge in [-0.1, -0.05) is 0 Å². The maximum Gasteiger partial charge on any atom is 0.0503 e. The molecule has 0 spiro atoms. The molecule has 0 bridgehead atoms. The van der Waals surface area contributed by atoms with Crippen LogP contribution in [-0.2, 0) is 4.74 Å². The molecule has 1 aliphatic heterocycles. The van der Waals surface area contributed by atoms with Crippen molar-refractivity contribution in [3.8, 4) is 0 Å². The first kappa shape index (κ1) is 7.03. The Morgan fingerprint density at radius 2 is 2.44 bits per heavy atom. The summed E-state index contributed by atoms with van der Waals surface area (Å²) >= 11 is 0. The van der Waals surface area contributed by atoms with Crippen molar-refractivity contribution in [3.05, 3.63) is 0 Å².